The average Bonchev–Trinajstić information content (AvgIpc) is 2.47. The molecule has 0 aromatic heterocycles. The van der Waals surface area contributed by atoms with E-state index in [-0.39, 0.29) is 17.6 Å². The summed E-state index contributed by atoms with van der Waals surface area (Å²) in [6.07, 6.45) is 4.61. The van der Waals surface area contributed by atoms with Gasteiger partial charge in [0.1, 0.15) is 11.5 Å². The number of Topliss-reactive ketones (excluding diaryl/α,β-unsaturated/α-hetero) is 1. The Hall–Kier alpha value is -1.33. The second kappa shape index (κ2) is 6.20. The lowest BCUT2D eigenvalue weighted by Gasteiger charge is -2.43. The minimum Gasteiger partial charge on any atom is -0.501 e. The molecule has 1 aliphatic heterocycles. The zero-order valence-electron chi connectivity index (χ0n) is 13.5. The number of carbonyl (C=O) groups is 1. The minimum absolute atomic E-state index is 0.0907. The summed E-state index contributed by atoms with van der Waals surface area (Å²) in [5.74, 6) is 1.49. The van der Waals surface area contributed by atoms with E-state index in [1.807, 2.05) is 26.1 Å². The van der Waals surface area contributed by atoms with Gasteiger partial charge in [0, 0.05) is 19.1 Å². The van der Waals surface area contributed by atoms with Crippen molar-refractivity contribution in [2.45, 2.75) is 18.9 Å². The molecule has 1 aliphatic carbocycles. The smallest absolute Gasteiger partial charge is 0.150 e. The third-order valence-electron chi connectivity index (χ3n) is 4.61. The van der Waals surface area contributed by atoms with Crippen molar-refractivity contribution in [2.24, 2.45) is 11.8 Å². The normalized spacial score (nSPS) is 34.2. The van der Waals surface area contributed by atoms with Crippen molar-refractivity contribution < 1.29 is 19.0 Å². The van der Waals surface area contributed by atoms with Crippen molar-refractivity contribution in [2.75, 3.05) is 41.5 Å². The first-order valence-corrected chi connectivity index (χ1v) is 7.24. The molecule has 5 nitrogen and oxygen atoms in total. The molecule has 0 aromatic rings. The second-order valence-electron chi connectivity index (χ2n) is 5.97. The third kappa shape index (κ3) is 2.99. The van der Waals surface area contributed by atoms with Crippen LogP contribution in [-0.2, 0) is 19.0 Å². The largest absolute Gasteiger partial charge is 0.501 e. The molecule has 118 valence electrons. The maximum atomic E-state index is 12.5. The van der Waals surface area contributed by atoms with Gasteiger partial charge in [-0.25, -0.2) is 0 Å². The summed E-state index contributed by atoms with van der Waals surface area (Å²) >= 11 is 0. The molecule has 0 saturated carbocycles. The number of nitrogens with zero attached hydrogens (tertiary/aromatic N) is 1. The number of ketones is 1. The molecule has 1 fully saturated rings. The van der Waals surface area contributed by atoms with E-state index in [0.29, 0.717) is 12.3 Å². The van der Waals surface area contributed by atoms with Crippen LogP contribution in [0, 0.1) is 11.8 Å². The van der Waals surface area contributed by atoms with Crippen LogP contribution in [0.15, 0.2) is 23.7 Å². The number of hydrogen-bond donors (Lipinski definition) is 0. The zero-order valence-corrected chi connectivity index (χ0v) is 13.5. The van der Waals surface area contributed by atoms with Crippen molar-refractivity contribution >= 4 is 5.78 Å². The molecule has 0 bridgehead atoms. The highest BCUT2D eigenvalue weighted by atomic mass is 16.5. The van der Waals surface area contributed by atoms with Gasteiger partial charge in [0.15, 0.2) is 5.78 Å². The molecule has 3 unspecified atom stereocenters. The lowest BCUT2D eigenvalue weighted by Crippen LogP contribution is -2.50. The Labute approximate surface area is 126 Å². The van der Waals surface area contributed by atoms with Crippen LogP contribution in [0.25, 0.3) is 0 Å². The average molecular weight is 295 g/mol. The van der Waals surface area contributed by atoms with Crippen LogP contribution in [0.4, 0.5) is 0 Å². The van der Waals surface area contributed by atoms with Gasteiger partial charge in [0.05, 0.1) is 32.3 Å². The van der Waals surface area contributed by atoms with E-state index in [0.717, 1.165) is 18.7 Å². The lowest BCUT2D eigenvalue weighted by atomic mass is 9.71. The second-order valence-corrected chi connectivity index (χ2v) is 5.97. The fourth-order valence-electron chi connectivity index (χ4n) is 3.35. The molecule has 0 radical (unpaired) electrons. The Balaban J connectivity index is 2.37. The minimum atomic E-state index is -0.609. The van der Waals surface area contributed by atoms with Crippen molar-refractivity contribution in [3.8, 4) is 0 Å². The molecular formula is C16H25NO4. The highest BCUT2D eigenvalue weighted by molar-refractivity contribution is 5.84. The monoisotopic (exact) mass is 295 g/mol. The first-order chi connectivity index (χ1) is 9.95. The molecule has 1 saturated heterocycles. The van der Waals surface area contributed by atoms with Gasteiger partial charge in [-0.15, -0.1) is 0 Å². The van der Waals surface area contributed by atoms with Gasteiger partial charge in [-0.1, -0.05) is 0 Å². The fraction of sp³-hybridized carbons (Fsp3) is 0.688. The Kier molecular flexibility index (Phi) is 4.74. The summed E-state index contributed by atoms with van der Waals surface area (Å²) < 4.78 is 16.6. The highest BCUT2D eigenvalue weighted by Gasteiger charge is 2.47. The standard InChI is InChI=1S/C16H25NO4/c1-16(21-5)9-11(19-3)8-14(20-4)15(16)12-6-7-17(2)10-13(12)18/h8-9,12,15H,6-7,10H2,1-5H3. The van der Waals surface area contributed by atoms with Crippen LogP contribution >= 0.6 is 0 Å². The van der Waals surface area contributed by atoms with Gasteiger partial charge in [0.25, 0.3) is 0 Å². The maximum absolute atomic E-state index is 12.5. The molecule has 2 rings (SSSR count). The van der Waals surface area contributed by atoms with Crippen LogP contribution in [0.3, 0.4) is 0 Å². The number of likely N-dealkylation sites (N-methyl/N-ethyl adjacent to an activating group) is 1. The number of likely N-dealkylation sites (tertiary alicyclic amines) is 1. The first-order valence-electron chi connectivity index (χ1n) is 7.24. The van der Waals surface area contributed by atoms with E-state index in [1.54, 1.807) is 21.3 Å². The maximum Gasteiger partial charge on any atom is 0.150 e. The van der Waals surface area contributed by atoms with E-state index in [9.17, 15) is 4.79 Å². The van der Waals surface area contributed by atoms with E-state index in [1.165, 1.54) is 0 Å². The molecule has 2 aliphatic rings. The molecular weight excluding hydrogens is 270 g/mol. The van der Waals surface area contributed by atoms with Crippen LogP contribution in [0.2, 0.25) is 0 Å². The topological polar surface area (TPSA) is 48.0 Å². The summed E-state index contributed by atoms with van der Waals surface area (Å²) in [4.78, 5) is 14.5. The van der Waals surface area contributed by atoms with E-state index in [4.69, 9.17) is 14.2 Å². The van der Waals surface area contributed by atoms with E-state index < -0.39 is 5.60 Å². The van der Waals surface area contributed by atoms with Gasteiger partial charge < -0.3 is 14.2 Å². The number of ether oxygens (including phenoxy) is 3. The van der Waals surface area contributed by atoms with Crippen LogP contribution in [0.1, 0.15) is 13.3 Å². The molecule has 0 aromatic carbocycles. The number of rotatable bonds is 4. The molecule has 0 spiro atoms. The molecule has 1 heterocycles. The van der Waals surface area contributed by atoms with Crippen molar-refractivity contribution in [1.82, 2.24) is 4.90 Å². The van der Waals surface area contributed by atoms with Gasteiger partial charge in [-0.05, 0) is 33.0 Å². The third-order valence-corrected chi connectivity index (χ3v) is 4.61. The summed E-state index contributed by atoms with van der Waals surface area (Å²) in [5.41, 5.74) is -0.609. The lowest BCUT2D eigenvalue weighted by molar-refractivity contribution is -0.133. The predicted molar refractivity (Wildman–Crippen MR) is 79.7 cm³/mol. The summed E-state index contributed by atoms with van der Waals surface area (Å²) in [6.45, 7) is 3.37. The number of piperidine rings is 1. The number of methoxy groups -OCH3 is 3. The number of hydrogen-bond acceptors (Lipinski definition) is 5. The van der Waals surface area contributed by atoms with Crippen LogP contribution in [-0.4, -0.2) is 57.8 Å². The Morgan fingerprint density at radius 2 is 2.00 bits per heavy atom. The first kappa shape index (κ1) is 16.0. The van der Waals surface area contributed by atoms with Gasteiger partial charge in [0.2, 0.25) is 0 Å². The van der Waals surface area contributed by atoms with Crippen molar-refractivity contribution in [1.29, 1.82) is 0 Å². The number of allylic oxidation sites excluding steroid dienone is 1. The molecule has 5 heteroatoms. The van der Waals surface area contributed by atoms with Gasteiger partial charge in [-0.2, -0.15) is 0 Å². The summed E-state index contributed by atoms with van der Waals surface area (Å²) in [6, 6.07) is 0. The molecule has 0 amide bonds. The highest BCUT2D eigenvalue weighted by Crippen LogP contribution is 2.42. The Bertz CT molecular complexity index is 471. The van der Waals surface area contributed by atoms with Crippen molar-refractivity contribution in [3.05, 3.63) is 23.7 Å². The Morgan fingerprint density at radius 3 is 2.52 bits per heavy atom. The summed E-state index contributed by atoms with van der Waals surface area (Å²) in [7, 11) is 6.88. The van der Waals surface area contributed by atoms with E-state index >= 15 is 0 Å². The van der Waals surface area contributed by atoms with Crippen molar-refractivity contribution in [3.63, 3.8) is 0 Å². The van der Waals surface area contributed by atoms with Gasteiger partial charge in [-0.3, -0.25) is 9.69 Å². The fourth-order valence-corrected chi connectivity index (χ4v) is 3.35. The van der Waals surface area contributed by atoms with E-state index in [2.05, 4.69) is 4.90 Å². The predicted octanol–water partition coefficient (Wildman–Crippen LogP) is 1.60. The SMILES string of the molecule is COC1=CC(C)(OC)C(C2CCN(C)CC2=O)C(OC)=C1. The molecule has 3 atom stereocenters. The quantitative estimate of drug-likeness (QED) is 0.788. The summed E-state index contributed by atoms with van der Waals surface area (Å²) in [5, 5.41) is 0. The zero-order chi connectivity index (χ0) is 15.6. The molecule has 21 heavy (non-hydrogen) atoms. The molecule has 0 N–H and O–H groups in total. The van der Waals surface area contributed by atoms with Crippen LogP contribution in [0.5, 0.6) is 0 Å². The van der Waals surface area contributed by atoms with Gasteiger partial charge >= 0.3 is 0 Å². The Morgan fingerprint density at radius 1 is 1.29 bits per heavy atom. The number of carbonyl (C=O) groups excluding carboxylic acids is 1. The van der Waals surface area contributed by atoms with Crippen LogP contribution < -0.4 is 0 Å².